The van der Waals surface area contributed by atoms with Crippen LogP contribution < -0.4 is 0 Å². The molecule has 0 saturated heterocycles. The van der Waals surface area contributed by atoms with Gasteiger partial charge >= 0.3 is 0 Å². The van der Waals surface area contributed by atoms with Gasteiger partial charge < -0.3 is 42.6 Å². The molecule has 0 aliphatic rings. The van der Waals surface area contributed by atoms with Crippen LogP contribution in [0.25, 0.3) is 0 Å². The van der Waals surface area contributed by atoms with E-state index in [1.807, 2.05) is 0 Å². The van der Waals surface area contributed by atoms with Gasteiger partial charge in [-0.15, -0.1) is 0 Å². The van der Waals surface area contributed by atoms with Gasteiger partial charge in [-0.3, -0.25) is 0 Å². The van der Waals surface area contributed by atoms with Crippen molar-refractivity contribution in [3.63, 3.8) is 0 Å². The Balaban J connectivity index is 3.89. The normalized spacial score (nSPS) is 11.7. The van der Waals surface area contributed by atoms with Gasteiger partial charge in [0.05, 0.1) is 79.3 Å². The Kier molecular flexibility index (Phi) is 36.3. The zero-order valence-electron chi connectivity index (χ0n) is 26.3. The lowest BCUT2D eigenvalue weighted by Gasteiger charge is -2.19. The van der Waals surface area contributed by atoms with Gasteiger partial charge in [0.15, 0.2) is 0 Å². The molecule has 0 aromatic heterocycles. The van der Waals surface area contributed by atoms with E-state index in [1.54, 1.807) is 0 Å². The van der Waals surface area contributed by atoms with Crippen LogP contribution in [0.3, 0.4) is 0 Å². The number of hydrogen-bond donors (Lipinski definition) is 0. The summed E-state index contributed by atoms with van der Waals surface area (Å²) < 4.78 is 50.7. The predicted octanol–water partition coefficient (Wildman–Crippen LogP) is 6.16. The lowest BCUT2D eigenvalue weighted by Crippen LogP contribution is -2.27. The van der Waals surface area contributed by atoms with Crippen molar-refractivity contribution in [1.29, 1.82) is 0 Å². The van der Waals surface area contributed by atoms with Gasteiger partial charge in [0.1, 0.15) is 0 Å². The summed E-state index contributed by atoms with van der Waals surface area (Å²) in [6, 6.07) is 0. The minimum absolute atomic E-state index is 0.362. The van der Waals surface area contributed by atoms with Crippen molar-refractivity contribution >= 4 is 0 Å². The van der Waals surface area contributed by atoms with Gasteiger partial charge in [-0.05, 0) is 19.3 Å². The molecule has 0 bridgehead atoms. The summed E-state index contributed by atoms with van der Waals surface area (Å²) in [6.07, 6.45) is 14.5. The average Bonchev–Trinajstić information content (AvgIpc) is 2.97. The van der Waals surface area contributed by atoms with Crippen molar-refractivity contribution in [2.75, 3.05) is 99.1 Å². The summed E-state index contributed by atoms with van der Waals surface area (Å²) in [5, 5.41) is 0. The van der Waals surface area contributed by atoms with Crippen LogP contribution in [-0.2, 0) is 42.6 Å². The summed E-state index contributed by atoms with van der Waals surface area (Å²) in [4.78, 5) is 0. The molecule has 0 N–H and O–H groups in total. The topological polar surface area (TPSA) is 83.1 Å². The number of ether oxygens (including phenoxy) is 9. The fourth-order valence-electron chi connectivity index (χ4n) is 3.61. The third-order valence-electron chi connectivity index (χ3n) is 5.99. The summed E-state index contributed by atoms with van der Waals surface area (Å²) in [5.41, 5.74) is 0. The Morgan fingerprint density at radius 1 is 0.275 bits per heavy atom. The molecule has 0 aliphatic carbocycles. The first-order valence-corrected chi connectivity index (χ1v) is 16.2. The van der Waals surface area contributed by atoms with Crippen LogP contribution in [0.15, 0.2) is 0 Å². The molecular weight excluding hydrogens is 516 g/mol. The molecule has 9 heteroatoms. The SMILES string of the molecule is CCCCCCOCCOCCOC(OCCOCCOCCCCCC)OCCOCCOCCCCCC. The van der Waals surface area contributed by atoms with Crippen LogP contribution in [0.2, 0.25) is 0 Å². The lowest BCUT2D eigenvalue weighted by atomic mass is 10.2. The van der Waals surface area contributed by atoms with Crippen LogP contribution in [0.5, 0.6) is 0 Å². The highest BCUT2D eigenvalue weighted by molar-refractivity contribution is 4.43. The zero-order valence-corrected chi connectivity index (χ0v) is 26.3. The summed E-state index contributed by atoms with van der Waals surface area (Å²) in [5.74, 6) is 0. The van der Waals surface area contributed by atoms with Crippen LogP contribution in [0.4, 0.5) is 0 Å². The highest BCUT2D eigenvalue weighted by atomic mass is 16.8. The number of unbranched alkanes of at least 4 members (excludes halogenated alkanes) is 9. The number of hydrogen-bond acceptors (Lipinski definition) is 9. The van der Waals surface area contributed by atoms with Crippen molar-refractivity contribution in [1.82, 2.24) is 0 Å². The quantitative estimate of drug-likeness (QED) is 0.0639. The first-order chi connectivity index (χ1) is 19.8. The van der Waals surface area contributed by atoms with Gasteiger partial charge in [-0.2, -0.15) is 0 Å². The molecule has 0 spiro atoms. The molecule has 0 heterocycles. The highest BCUT2D eigenvalue weighted by Crippen LogP contribution is 2.02. The monoisotopic (exact) mass is 580 g/mol. The Hall–Kier alpha value is -0.360. The molecule has 0 aromatic carbocycles. The van der Waals surface area contributed by atoms with E-state index in [1.165, 1.54) is 57.8 Å². The first kappa shape index (κ1) is 39.6. The largest absolute Gasteiger partial charge is 0.379 e. The van der Waals surface area contributed by atoms with Crippen molar-refractivity contribution < 1.29 is 42.6 Å². The van der Waals surface area contributed by atoms with Crippen LogP contribution in [0.1, 0.15) is 97.8 Å². The summed E-state index contributed by atoms with van der Waals surface area (Å²) in [6.45, 7) is 14.1. The van der Waals surface area contributed by atoms with E-state index in [0.717, 1.165) is 39.1 Å². The molecule has 0 unspecified atom stereocenters. The third kappa shape index (κ3) is 33.8. The van der Waals surface area contributed by atoms with Gasteiger partial charge in [-0.25, -0.2) is 0 Å². The summed E-state index contributed by atoms with van der Waals surface area (Å²) >= 11 is 0. The lowest BCUT2D eigenvalue weighted by molar-refractivity contribution is -0.295. The molecule has 0 atom stereocenters. The minimum Gasteiger partial charge on any atom is -0.379 e. The minimum atomic E-state index is -0.796. The van der Waals surface area contributed by atoms with E-state index in [9.17, 15) is 0 Å². The van der Waals surface area contributed by atoms with E-state index in [2.05, 4.69) is 20.8 Å². The standard InChI is InChI=1S/C31H64O9/c1-4-7-10-13-16-32-19-22-35-25-28-38-31(39-29-26-36-23-20-33-17-14-11-8-5-2)40-30-27-37-24-21-34-18-15-12-9-6-3/h31H,4-30H2,1-3H3. The van der Waals surface area contributed by atoms with Crippen LogP contribution in [0, 0.1) is 0 Å². The van der Waals surface area contributed by atoms with Crippen molar-refractivity contribution in [3.05, 3.63) is 0 Å². The second-order valence-corrected chi connectivity index (χ2v) is 9.76. The average molecular weight is 581 g/mol. The summed E-state index contributed by atoms with van der Waals surface area (Å²) in [7, 11) is 0. The maximum Gasteiger partial charge on any atom is 0.271 e. The Bertz CT molecular complexity index is 381. The smallest absolute Gasteiger partial charge is 0.271 e. The molecule has 0 saturated carbocycles. The highest BCUT2D eigenvalue weighted by Gasteiger charge is 2.10. The van der Waals surface area contributed by atoms with E-state index >= 15 is 0 Å². The molecule has 0 amide bonds. The molecule has 0 aromatic rings. The first-order valence-electron chi connectivity index (χ1n) is 16.2. The maximum absolute atomic E-state index is 5.73. The molecule has 9 nitrogen and oxygen atoms in total. The van der Waals surface area contributed by atoms with Crippen molar-refractivity contribution in [2.45, 2.75) is 104 Å². The number of rotatable bonds is 36. The molecular formula is C31H64O9. The predicted molar refractivity (Wildman–Crippen MR) is 159 cm³/mol. The Labute approximate surface area is 246 Å². The van der Waals surface area contributed by atoms with E-state index in [4.69, 9.17) is 42.6 Å². The fourth-order valence-corrected chi connectivity index (χ4v) is 3.61. The molecule has 242 valence electrons. The second-order valence-electron chi connectivity index (χ2n) is 9.76. The Morgan fingerprint density at radius 3 is 0.800 bits per heavy atom. The molecule has 40 heavy (non-hydrogen) atoms. The molecule has 0 fully saturated rings. The van der Waals surface area contributed by atoms with Gasteiger partial charge in [0.2, 0.25) is 0 Å². The maximum atomic E-state index is 5.73. The van der Waals surface area contributed by atoms with Crippen molar-refractivity contribution in [3.8, 4) is 0 Å². The van der Waals surface area contributed by atoms with Gasteiger partial charge in [-0.1, -0.05) is 78.6 Å². The van der Waals surface area contributed by atoms with Crippen LogP contribution >= 0.6 is 0 Å². The van der Waals surface area contributed by atoms with Crippen LogP contribution in [-0.4, -0.2) is 106 Å². The van der Waals surface area contributed by atoms with E-state index in [0.29, 0.717) is 79.3 Å². The molecule has 0 aliphatic heterocycles. The zero-order chi connectivity index (χ0) is 29.0. The molecule has 0 radical (unpaired) electrons. The fraction of sp³-hybridized carbons (Fsp3) is 1.00. The van der Waals surface area contributed by atoms with Gasteiger partial charge in [0.25, 0.3) is 6.48 Å². The molecule has 0 rings (SSSR count). The Morgan fingerprint density at radius 2 is 0.525 bits per heavy atom. The van der Waals surface area contributed by atoms with E-state index in [-0.39, 0.29) is 0 Å². The third-order valence-corrected chi connectivity index (χ3v) is 5.99. The van der Waals surface area contributed by atoms with Gasteiger partial charge in [0, 0.05) is 19.8 Å². The second kappa shape index (κ2) is 36.7. The van der Waals surface area contributed by atoms with Crippen molar-refractivity contribution in [2.24, 2.45) is 0 Å². The van der Waals surface area contributed by atoms with E-state index < -0.39 is 6.48 Å².